The number of hydrogen-bond donors (Lipinski definition) is 0. The van der Waals surface area contributed by atoms with Crippen molar-refractivity contribution in [1.82, 2.24) is 14.9 Å². The number of methoxy groups -OCH3 is 1. The Hall–Kier alpha value is -1.94. The van der Waals surface area contributed by atoms with E-state index in [1.165, 1.54) is 31.2 Å². The van der Waals surface area contributed by atoms with Crippen molar-refractivity contribution in [2.45, 2.75) is 56.5 Å². The van der Waals surface area contributed by atoms with Gasteiger partial charge in [-0.2, -0.15) is 0 Å². The lowest BCUT2D eigenvalue weighted by atomic mass is 9.74. The first-order valence-corrected chi connectivity index (χ1v) is 9.42. The number of piperidine rings is 1. The van der Waals surface area contributed by atoms with E-state index in [0.29, 0.717) is 17.5 Å². The van der Waals surface area contributed by atoms with Crippen LogP contribution in [0.1, 0.15) is 56.3 Å². The largest absolute Gasteiger partial charge is 0.497 e. The highest BCUT2D eigenvalue weighted by atomic mass is 16.5. The molecule has 1 saturated carbocycles. The summed E-state index contributed by atoms with van der Waals surface area (Å²) in [5.41, 5.74) is 2.91. The Morgan fingerprint density at radius 1 is 1.32 bits per heavy atom. The van der Waals surface area contributed by atoms with Crippen molar-refractivity contribution in [2.24, 2.45) is 0 Å². The molecule has 1 saturated heterocycles. The van der Waals surface area contributed by atoms with Gasteiger partial charge in [0.1, 0.15) is 5.75 Å². The highest BCUT2D eigenvalue weighted by molar-refractivity contribution is 5.36. The molecule has 2 aromatic rings. The molecule has 4 heteroatoms. The molecule has 4 rings (SSSR count). The second-order valence-corrected chi connectivity index (χ2v) is 7.45. The average Bonchev–Trinajstić information content (AvgIpc) is 3.03. The predicted molar refractivity (Wildman–Crippen MR) is 98.7 cm³/mol. The average molecular weight is 337 g/mol. The number of benzene rings is 1. The van der Waals surface area contributed by atoms with Crippen LogP contribution >= 0.6 is 0 Å². The van der Waals surface area contributed by atoms with Gasteiger partial charge in [-0.15, -0.1) is 0 Å². The highest BCUT2D eigenvalue weighted by Gasteiger charge is 2.48. The van der Waals surface area contributed by atoms with E-state index in [2.05, 4.69) is 40.0 Å². The van der Waals surface area contributed by atoms with Crippen molar-refractivity contribution in [2.75, 3.05) is 13.7 Å². The van der Waals surface area contributed by atoms with Gasteiger partial charge in [0.2, 0.25) is 0 Å². The van der Waals surface area contributed by atoms with Gasteiger partial charge in [-0.3, -0.25) is 14.9 Å². The number of aromatic nitrogens is 2. The monoisotopic (exact) mass is 337 g/mol. The van der Waals surface area contributed by atoms with Crippen LogP contribution in [0.25, 0.3) is 0 Å². The van der Waals surface area contributed by atoms with Crippen molar-refractivity contribution in [1.29, 1.82) is 0 Å². The Morgan fingerprint density at radius 3 is 3.00 bits per heavy atom. The summed E-state index contributed by atoms with van der Waals surface area (Å²) in [7, 11) is 1.75. The molecular weight excluding hydrogens is 310 g/mol. The highest BCUT2D eigenvalue weighted by Crippen LogP contribution is 2.51. The molecule has 1 aromatic carbocycles. The molecule has 0 radical (unpaired) electrons. The minimum Gasteiger partial charge on any atom is -0.497 e. The second-order valence-electron chi connectivity index (χ2n) is 7.45. The summed E-state index contributed by atoms with van der Waals surface area (Å²) >= 11 is 0. The number of fused-ring (bicyclic) bond motifs is 2. The van der Waals surface area contributed by atoms with Crippen molar-refractivity contribution in [3.05, 3.63) is 54.1 Å². The zero-order valence-electron chi connectivity index (χ0n) is 15.2. The molecule has 1 aliphatic carbocycles. The zero-order chi connectivity index (χ0) is 17.3. The Labute approximate surface area is 150 Å². The number of rotatable bonds is 5. The lowest BCUT2D eigenvalue weighted by Crippen LogP contribution is -2.45. The van der Waals surface area contributed by atoms with Gasteiger partial charge in [0.05, 0.1) is 18.8 Å². The van der Waals surface area contributed by atoms with Crippen molar-refractivity contribution in [3.8, 4) is 5.75 Å². The topological polar surface area (TPSA) is 38.2 Å². The molecule has 2 fully saturated rings. The van der Waals surface area contributed by atoms with E-state index in [-0.39, 0.29) is 0 Å². The summed E-state index contributed by atoms with van der Waals surface area (Å²) in [6.07, 6.45) is 11.6. The summed E-state index contributed by atoms with van der Waals surface area (Å²) in [6.45, 7) is 3.40. The van der Waals surface area contributed by atoms with Crippen LogP contribution in [0.4, 0.5) is 0 Å². The predicted octanol–water partition coefficient (Wildman–Crippen LogP) is 4.13. The van der Waals surface area contributed by atoms with Gasteiger partial charge in [-0.05, 0) is 61.8 Å². The summed E-state index contributed by atoms with van der Waals surface area (Å²) in [6, 6.07) is 9.75. The van der Waals surface area contributed by atoms with Crippen LogP contribution in [0.3, 0.4) is 0 Å². The molecule has 4 nitrogen and oxygen atoms in total. The molecule has 2 heterocycles. The van der Waals surface area contributed by atoms with Gasteiger partial charge in [0.15, 0.2) is 0 Å². The fourth-order valence-corrected chi connectivity index (χ4v) is 5.00. The Kier molecular flexibility index (Phi) is 4.46. The summed E-state index contributed by atoms with van der Waals surface area (Å²) in [5.74, 6) is 0.976. The van der Waals surface area contributed by atoms with Crippen molar-refractivity contribution >= 4 is 0 Å². The van der Waals surface area contributed by atoms with Crippen LogP contribution in [-0.2, 0) is 5.41 Å². The number of nitrogens with zero attached hydrogens (tertiary/aromatic N) is 3. The number of likely N-dealkylation sites (tertiary alicyclic amines) is 1. The molecule has 1 aromatic heterocycles. The molecule has 0 N–H and O–H groups in total. The Balaban J connectivity index is 1.57. The molecule has 1 aliphatic heterocycles. The van der Waals surface area contributed by atoms with Crippen LogP contribution in [0, 0.1) is 0 Å². The summed E-state index contributed by atoms with van der Waals surface area (Å²) in [4.78, 5) is 11.6. The third-order valence-electron chi connectivity index (χ3n) is 6.29. The minimum atomic E-state index is 0.330. The first kappa shape index (κ1) is 16.5. The molecule has 2 bridgehead atoms. The van der Waals surface area contributed by atoms with Crippen LogP contribution in [-0.4, -0.2) is 34.6 Å². The maximum absolute atomic E-state index is 5.46. The van der Waals surface area contributed by atoms with Crippen LogP contribution in [0.2, 0.25) is 0 Å². The van der Waals surface area contributed by atoms with E-state index < -0.39 is 0 Å². The van der Waals surface area contributed by atoms with E-state index in [9.17, 15) is 0 Å². The molecule has 132 valence electrons. The molecule has 0 spiro atoms. The van der Waals surface area contributed by atoms with E-state index in [1.54, 1.807) is 13.3 Å². The molecule has 3 atom stereocenters. The quantitative estimate of drug-likeness (QED) is 0.822. The number of hydrogen-bond acceptors (Lipinski definition) is 4. The lowest BCUT2D eigenvalue weighted by molar-refractivity contribution is 0.0863. The van der Waals surface area contributed by atoms with Gasteiger partial charge < -0.3 is 4.74 Å². The van der Waals surface area contributed by atoms with Crippen LogP contribution in [0.5, 0.6) is 5.75 Å². The van der Waals surface area contributed by atoms with Gasteiger partial charge in [-0.25, -0.2) is 0 Å². The fraction of sp³-hybridized carbons (Fsp3) is 0.524. The lowest BCUT2D eigenvalue weighted by Gasteiger charge is -2.43. The van der Waals surface area contributed by atoms with Gasteiger partial charge >= 0.3 is 0 Å². The Morgan fingerprint density at radius 2 is 2.24 bits per heavy atom. The van der Waals surface area contributed by atoms with E-state index >= 15 is 0 Å². The smallest absolute Gasteiger partial charge is 0.119 e. The standard InChI is InChI=1S/C21H27N3O/c1-3-20(19-15-22-10-11-23-19)24-12-9-21(8-7-17(24)14-21)16-5-4-6-18(13-16)25-2/h4-6,10-11,13,15,17,20H,3,7-9,12,14H2,1-2H3. The van der Waals surface area contributed by atoms with Gasteiger partial charge in [-0.1, -0.05) is 19.1 Å². The molecule has 0 amide bonds. The zero-order valence-corrected chi connectivity index (χ0v) is 15.2. The molecule has 3 unspecified atom stereocenters. The third-order valence-corrected chi connectivity index (χ3v) is 6.29. The van der Waals surface area contributed by atoms with Gasteiger partial charge in [0.25, 0.3) is 0 Å². The minimum absolute atomic E-state index is 0.330. The van der Waals surface area contributed by atoms with E-state index in [4.69, 9.17) is 4.74 Å². The fourth-order valence-electron chi connectivity index (χ4n) is 5.00. The van der Waals surface area contributed by atoms with Gasteiger partial charge in [0, 0.05) is 24.6 Å². The molecule has 25 heavy (non-hydrogen) atoms. The SMILES string of the molecule is CCC(c1cnccn1)N1CCC2(c3cccc(OC)c3)CCC1C2. The number of ether oxygens (including phenoxy) is 1. The summed E-state index contributed by atoms with van der Waals surface area (Å²) in [5, 5.41) is 0. The third kappa shape index (κ3) is 2.93. The maximum Gasteiger partial charge on any atom is 0.119 e. The normalized spacial score (nSPS) is 27.2. The van der Waals surface area contributed by atoms with Crippen molar-refractivity contribution < 1.29 is 4.74 Å². The second kappa shape index (κ2) is 6.75. The first-order valence-electron chi connectivity index (χ1n) is 9.42. The Bertz CT molecular complexity index is 720. The van der Waals surface area contributed by atoms with Crippen LogP contribution < -0.4 is 4.74 Å². The van der Waals surface area contributed by atoms with E-state index in [1.807, 2.05) is 18.5 Å². The summed E-state index contributed by atoms with van der Waals surface area (Å²) < 4.78 is 5.46. The van der Waals surface area contributed by atoms with Crippen LogP contribution in [0.15, 0.2) is 42.9 Å². The van der Waals surface area contributed by atoms with Crippen molar-refractivity contribution in [3.63, 3.8) is 0 Å². The molecule has 2 aliphatic rings. The van der Waals surface area contributed by atoms with E-state index in [0.717, 1.165) is 24.4 Å². The first-order chi connectivity index (χ1) is 12.3. The molecular formula is C21H27N3O. The maximum atomic E-state index is 5.46.